The van der Waals surface area contributed by atoms with E-state index >= 15 is 0 Å². The first-order valence-corrected chi connectivity index (χ1v) is 7.93. The summed E-state index contributed by atoms with van der Waals surface area (Å²) >= 11 is 0. The SMILES string of the molecule is Nc1c(NNC(=O)c2ccc(F)cc2)ncnc1NNC(=O)c1cccnc1. The van der Waals surface area contributed by atoms with Gasteiger partial charge in [0.05, 0.1) is 5.56 Å². The molecule has 3 aromatic rings. The van der Waals surface area contributed by atoms with Crippen LogP contribution in [0.5, 0.6) is 0 Å². The highest BCUT2D eigenvalue weighted by Gasteiger charge is 2.12. The van der Waals surface area contributed by atoms with Crippen molar-refractivity contribution in [3.05, 3.63) is 72.1 Å². The molecule has 2 aromatic heterocycles. The summed E-state index contributed by atoms with van der Waals surface area (Å²) in [5.41, 5.74) is 16.5. The van der Waals surface area contributed by atoms with Crippen molar-refractivity contribution in [2.75, 3.05) is 16.6 Å². The molecule has 28 heavy (non-hydrogen) atoms. The summed E-state index contributed by atoms with van der Waals surface area (Å²) in [6.45, 7) is 0. The molecule has 0 bridgehead atoms. The summed E-state index contributed by atoms with van der Waals surface area (Å²) in [5, 5.41) is 0. The standard InChI is InChI=1S/C17H15FN8O2/c18-12-5-3-10(4-6-12)16(27)25-23-14-13(19)15(22-9-21-14)24-26-17(28)11-2-1-7-20-8-11/h1-9H,19H2,(H,25,27)(H,26,28)(H2,21,22,23,24). The number of nitrogens with two attached hydrogens (primary N) is 1. The highest BCUT2D eigenvalue weighted by Crippen LogP contribution is 2.21. The highest BCUT2D eigenvalue weighted by molar-refractivity contribution is 5.96. The fourth-order valence-electron chi connectivity index (χ4n) is 2.07. The third kappa shape index (κ3) is 4.46. The quantitative estimate of drug-likeness (QED) is 0.398. The van der Waals surface area contributed by atoms with Crippen molar-refractivity contribution in [1.82, 2.24) is 25.8 Å². The minimum atomic E-state index is -0.516. The molecule has 0 aliphatic rings. The van der Waals surface area contributed by atoms with Gasteiger partial charge in [-0.1, -0.05) is 0 Å². The maximum Gasteiger partial charge on any atom is 0.271 e. The molecule has 0 atom stereocenters. The average Bonchev–Trinajstić information content (AvgIpc) is 2.73. The molecule has 0 aliphatic carbocycles. The number of hydrazine groups is 2. The molecule has 0 radical (unpaired) electrons. The molecule has 6 N–H and O–H groups in total. The summed E-state index contributed by atoms with van der Waals surface area (Å²) in [7, 11) is 0. The van der Waals surface area contributed by atoms with Crippen molar-refractivity contribution < 1.29 is 14.0 Å². The molecule has 0 saturated carbocycles. The second-order valence-corrected chi connectivity index (χ2v) is 5.39. The molecule has 0 spiro atoms. The van der Waals surface area contributed by atoms with Gasteiger partial charge in [0.25, 0.3) is 11.8 Å². The van der Waals surface area contributed by atoms with E-state index in [-0.39, 0.29) is 22.9 Å². The van der Waals surface area contributed by atoms with Crippen molar-refractivity contribution in [3.63, 3.8) is 0 Å². The van der Waals surface area contributed by atoms with Crippen LogP contribution in [0, 0.1) is 5.82 Å². The van der Waals surface area contributed by atoms with E-state index < -0.39 is 17.6 Å². The molecular formula is C17H15FN8O2. The molecule has 0 fully saturated rings. The van der Waals surface area contributed by atoms with Crippen molar-refractivity contribution >= 4 is 29.1 Å². The number of anilines is 3. The Hall–Kier alpha value is -4.28. The zero-order valence-corrected chi connectivity index (χ0v) is 14.3. The Morgan fingerprint density at radius 1 is 0.893 bits per heavy atom. The Balaban J connectivity index is 1.61. The van der Waals surface area contributed by atoms with Gasteiger partial charge in [0.2, 0.25) is 0 Å². The number of nitrogens with zero attached hydrogens (tertiary/aromatic N) is 3. The second kappa shape index (κ2) is 8.40. The predicted molar refractivity (Wildman–Crippen MR) is 99.3 cm³/mol. The number of rotatable bonds is 6. The number of pyridine rings is 1. The van der Waals surface area contributed by atoms with Gasteiger partial charge in [0.15, 0.2) is 11.6 Å². The lowest BCUT2D eigenvalue weighted by Gasteiger charge is -2.13. The molecule has 0 unspecified atom stereocenters. The molecule has 3 rings (SSSR count). The van der Waals surface area contributed by atoms with Crippen molar-refractivity contribution in [3.8, 4) is 0 Å². The van der Waals surface area contributed by atoms with Gasteiger partial charge in [0.1, 0.15) is 17.8 Å². The number of hydrogen-bond acceptors (Lipinski definition) is 8. The van der Waals surface area contributed by atoms with Crippen LogP contribution in [-0.2, 0) is 0 Å². The van der Waals surface area contributed by atoms with Crippen molar-refractivity contribution in [2.45, 2.75) is 0 Å². The number of halogens is 1. The first kappa shape index (κ1) is 18.5. The number of amides is 2. The van der Waals surface area contributed by atoms with Gasteiger partial charge in [-0.2, -0.15) is 0 Å². The molecule has 1 aromatic carbocycles. The molecule has 0 aliphatic heterocycles. The van der Waals surface area contributed by atoms with Gasteiger partial charge in [-0.15, -0.1) is 0 Å². The largest absolute Gasteiger partial charge is 0.393 e. The van der Waals surface area contributed by atoms with Crippen LogP contribution < -0.4 is 27.4 Å². The number of carbonyl (C=O) groups is 2. The lowest BCUT2D eigenvalue weighted by Crippen LogP contribution is -2.32. The van der Waals surface area contributed by atoms with E-state index in [1.807, 2.05) is 0 Å². The summed E-state index contributed by atoms with van der Waals surface area (Å²) in [4.78, 5) is 35.8. The zero-order chi connectivity index (χ0) is 19.9. The van der Waals surface area contributed by atoms with Gasteiger partial charge in [-0.25, -0.2) is 14.4 Å². The third-order valence-electron chi connectivity index (χ3n) is 3.50. The molecule has 2 amide bonds. The number of nitrogen functional groups attached to an aromatic ring is 1. The van der Waals surface area contributed by atoms with E-state index in [1.165, 1.54) is 36.8 Å². The lowest BCUT2D eigenvalue weighted by atomic mass is 10.2. The third-order valence-corrected chi connectivity index (χ3v) is 3.50. The van der Waals surface area contributed by atoms with E-state index in [4.69, 9.17) is 5.73 Å². The molecular weight excluding hydrogens is 367 g/mol. The fraction of sp³-hybridized carbons (Fsp3) is 0. The van der Waals surface area contributed by atoms with Crippen molar-refractivity contribution in [1.29, 1.82) is 0 Å². The van der Waals surface area contributed by atoms with Crippen LogP contribution in [0.1, 0.15) is 20.7 Å². The average molecular weight is 382 g/mol. The number of carbonyl (C=O) groups excluding carboxylic acids is 2. The normalized spacial score (nSPS) is 10.0. The van der Waals surface area contributed by atoms with Gasteiger partial charge < -0.3 is 5.73 Å². The maximum atomic E-state index is 12.9. The van der Waals surface area contributed by atoms with E-state index in [2.05, 4.69) is 36.7 Å². The van der Waals surface area contributed by atoms with Crippen LogP contribution in [-0.4, -0.2) is 26.8 Å². The monoisotopic (exact) mass is 382 g/mol. The summed E-state index contributed by atoms with van der Waals surface area (Å²) in [6, 6.07) is 8.21. The van der Waals surface area contributed by atoms with E-state index in [1.54, 1.807) is 18.3 Å². The van der Waals surface area contributed by atoms with Crippen molar-refractivity contribution in [2.24, 2.45) is 0 Å². The highest BCUT2D eigenvalue weighted by atomic mass is 19.1. The number of aromatic nitrogens is 3. The lowest BCUT2D eigenvalue weighted by molar-refractivity contribution is 0.0954. The summed E-state index contributed by atoms with van der Waals surface area (Å²) in [5.74, 6) is -1.19. The van der Waals surface area contributed by atoms with Crippen LogP contribution in [0.25, 0.3) is 0 Å². The maximum absolute atomic E-state index is 12.9. The van der Waals surface area contributed by atoms with E-state index in [0.717, 1.165) is 0 Å². The van der Waals surface area contributed by atoms with Crippen LogP contribution >= 0.6 is 0 Å². The second-order valence-electron chi connectivity index (χ2n) is 5.39. The molecule has 10 nitrogen and oxygen atoms in total. The summed E-state index contributed by atoms with van der Waals surface area (Å²) < 4.78 is 12.9. The van der Waals surface area contributed by atoms with Gasteiger partial charge >= 0.3 is 0 Å². The Morgan fingerprint density at radius 3 is 2.07 bits per heavy atom. The topological polar surface area (TPSA) is 147 Å². The number of nitrogens with one attached hydrogen (secondary N) is 4. The molecule has 11 heteroatoms. The zero-order valence-electron chi connectivity index (χ0n) is 14.3. The van der Waals surface area contributed by atoms with Gasteiger partial charge in [0, 0.05) is 18.0 Å². The minimum absolute atomic E-state index is 0.0494. The molecule has 2 heterocycles. The fourth-order valence-corrected chi connectivity index (χ4v) is 2.07. The smallest absolute Gasteiger partial charge is 0.271 e. The van der Waals surface area contributed by atoms with Gasteiger partial charge in [-0.05, 0) is 36.4 Å². The predicted octanol–water partition coefficient (Wildman–Crippen LogP) is 1.11. The first-order valence-electron chi connectivity index (χ1n) is 7.93. The Bertz CT molecular complexity index is 982. The van der Waals surface area contributed by atoms with Crippen LogP contribution in [0.3, 0.4) is 0 Å². The minimum Gasteiger partial charge on any atom is -0.393 e. The number of benzene rings is 1. The number of hydrogen-bond donors (Lipinski definition) is 5. The summed E-state index contributed by atoms with van der Waals surface area (Å²) in [6.07, 6.45) is 4.13. The molecule has 142 valence electrons. The first-order chi connectivity index (χ1) is 13.5. The Labute approximate surface area is 158 Å². The Kier molecular flexibility index (Phi) is 5.55. The molecule has 0 saturated heterocycles. The van der Waals surface area contributed by atoms with Gasteiger partial charge in [-0.3, -0.25) is 36.3 Å². The Morgan fingerprint density at radius 2 is 1.50 bits per heavy atom. The van der Waals surface area contributed by atoms with Crippen LogP contribution in [0.4, 0.5) is 21.7 Å². The van der Waals surface area contributed by atoms with E-state index in [9.17, 15) is 14.0 Å². The van der Waals surface area contributed by atoms with Crippen LogP contribution in [0.2, 0.25) is 0 Å². The van der Waals surface area contributed by atoms with E-state index in [0.29, 0.717) is 5.56 Å². The van der Waals surface area contributed by atoms with Crippen LogP contribution in [0.15, 0.2) is 55.1 Å².